The van der Waals surface area contributed by atoms with Gasteiger partial charge in [-0.05, 0) is 24.1 Å². The van der Waals surface area contributed by atoms with Crippen LogP contribution < -0.4 is 5.32 Å². The van der Waals surface area contributed by atoms with E-state index in [9.17, 15) is 22.8 Å². The molecule has 0 aliphatic carbocycles. The maximum absolute atomic E-state index is 12.6. The number of amides is 1. The third-order valence-electron chi connectivity index (χ3n) is 3.98. The van der Waals surface area contributed by atoms with Crippen LogP contribution in [0.4, 0.5) is 13.2 Å². The first-order chi connectivity index (χ1) is 11.2. The molecule has 1 amide bonds. The molecule has 0 spiro atoms. The maximum atomic E-state index is 12.6. The fraction of sp³-hybridized carbons (Fsp3) is 0.429. The molecular weight excluding hydrogens is 372 g/mol. The smallest absolute Gasteiger partial charge is 0.438 e. The van der Waals surface area contributed by atoms with E-state index in [0.717, 1.165) is 0 Å². The number of halogens is 5. The zero-order chi connectivity index (χ0) is 17.6. The van der Waals surface area contributed by atoms with Crippen LogP contribution in [0.25, 0.3) is 0 Å². The fourth-order valence-corrected chi connectivity index (χ4v) is 3.25. The van der Waals surface area contributed by atoms with Crippen molar-refractivity contribution in [1.82, 2.24) is 10.2 Å². The first kappa shape index (κ1) is 17.3. The van der Waals surface area contributed by atoms with Gasteiger partial charge in [0, 0.05) is 18.7 Å². The normalized spacial score (nSPS) is 23.5. The molecule has 130 valence electrons. The van der Waals surface area contributed by atoms with Crippen molar-refractivity contribution in [3.05, 3.63) is 33.3 Å². The minimum absolute atomic E-state index is 0.195. The summed E-state index contributed by atoms with van der Waals surface area (Å²) in [6.45, 7) is 0.484. The number of piperazine rings is 1. The highest BCUT2D eigenvalue weighted by Gasteiger charge is 2.47. The van der Waals surface area contributed by atoms with Gasteiger partial charge in [0.15, 0.2) is 6.23 Å². The largest absolute Gasteiger partial charge is 0.490 e. The molecule has 0 aromatic heterocycles. The number of carbonyl (C=O) groups is 2. The van der Waals surface area contributed by atoms with E-state index in [1.165, 1.54) is 17.0 Å². The minimum atomic E-state index is -5.10. The Morgan fingerprint density at radius 1 is 1.29 bits per heavy atom. The van der Waals surface area contributed by atoms with Crippen LogP contribution in [-0.2, 0) is 16.0 Å². The summed E-state index contributed by atoms with van der Waals surface area (Å²) in [5.74, 6) is -2.68. The highest BCUT2D eigenvalue weighted by atomic mass is 35.5. The Morgan fingerprint density at radius 3 is 2.62 bits per heavy atom. The summed E-state index contributed by atoms with van der Waals surface area (Å²) >= 11 is 11.9. The van der Waals surface area contributed by atoms with Crippen molar-refractivity contribution in [2.45, 2.75) is 24.9 Å². The van der Waals surface area contributed by atoms with Crippen molar-refractivity contribution < 1.29 is 27.5 Å². The number of ether oxygens (including phenoxy) is 1. The van der Waals surface area contributed by atoms with Crippen LogP contribution in [0.3, 0.4) is 0 Å². The molecule has 2 heterocycles. The van der Waals surface area contributed by atoms with Crippen molar-refractivity contribution in [3.63, 3.8) is 0 Å². The van der Waals surface area contributed by atoms with Crippen molar-refractivity contribution in [1.29, 1.82) is 0 Å². The Morgan fingerprint density at radius 2 is 1.96 bits per heavy atom. The van der Waals surface area contributed by atoms with E-state index in [1.807, 2.05) is 0 Å². The molecule has 24 heavy (non-hydrogen) atoms. The Bertz CT molecular complexity index is 711. The van der Waals surface area contributed by atoms with Crippen LogP contribution in [0.15, 0.2) is 12.1 Å². The second-order valence-electron chi connectivity index (χ2n) is 5.47. The summed E-state index contributed by atoms with van der Waals surface area (Å²) in [4.78, 5) is 25.1. The molecule has 2 unspecified atom stereocenters. The average Bonchev–Trinajstić information content (AvgIpc) is 2.49. The van der Waals surface area contributed by atoms with Gasteiger partial charge in [-0.15, -0.1) is 0 Å². The van der Waals surface area contributed by atoms with Gasteiger partial charge in [0.2, 0.25) is 0 Å². The summed E-state index contributed by atoms with van der Waals surface area (Å²) in [6.07, 6.45) is -6.16. The van der Waals surface area contributed by atoms with Gasteiger partial charge in [0.05, 0.1) is 16.1 Å². The van der Waals surface area contributed by atoms with Gasteiger partial charge in [0.25, 0.3) is 5.91 Å². The van der Waals surface area contributed by atoms with Crippen LogP contribution >= 0.6 is 23.2 Å². The van der Waals surface area contributed by atoms with Gasteiger partial charge < -0.3 is 9.64 Å². The van der Waals surface area contributed by atoms with E-state index in [-0.39, 0.29) is 35.5 Å². The number of fused-ring (bicyclic) bond motifs is 2. The molecule has 0 radical (unpaired) electrons. The number of hydrogen-bond acceptors (Lipinski definition) is 4. The molecule has 0 saturated carbocycles. The number of rotatable bonds is 1. The molecule has 2 atom stereocenters. The lowest BCUT2D eigenvalue weighted by Crippen LogP contribution is -2.63. The lowest BCUT2D eigenvalue weighted by molar-refractivity contribution is -0.210. The molecule has 2 aliphatic rings. The molecule has 1 aromatic rings. The van der Waals surface area contributed by atoms with E-state index in [1.54, 1.807) is 0 Å². The van der Waals surface area contributed by atoms with E-state index >= 15 is 0 Å². The summed E-state index contributed by atoms with van der Waals surface area (Å²) in [6, 6.07) is 2.20. The molecule has 1 N–H and O–H groups in total. The number of hydrogen-bond donors (Lipinski definition) is 1. The highest BCUT2D eigenvalue weighted by molar-refractivity contribution is 6.42. The topological polar surface area (TPSA) is 58.6 Å². The second kappa shape index (κ2) is 6.09. The number of esters is 1. The summed E-state index contributed by atoms with van der Waals surface area (Å²) in [5.41, 5.74) is 0.899. The molecule has 0 bridgehead atoms. The zero-order valence-electron chi connectivity index (χ0n) is 12.0. The molecule has 2 aliphatic heterocycles. The molecule has 3 rings (SSSR count). The molecular formula is C14H11Cl2F3N2O3. The number of nitrogens with zero attached hydrogens (tertiary/aromatic N) is 1. The Labute approximate surface area is 144 Å². The fourth-order valence-electron chi connectivity index (χ4n) is 2.90. The van der Waals surface area contributed by atoms with E-state index < -0.39 is 24.4 Å². The monoisotopic (exact) mass is 382 g/mol. The predicted octanol–water partition coefficient (Wildman–Crippen LogP) is 2.40. The van der Waals surface area contributed by atoms with E-state index in [2.05, 4.69) is 10.1 Å². The van der Waals surface area contributed by atoms with Crippen molar-refractivity contribution in [3.8, 4) is 0 Å². The van der Waals surface area contributed by atoms with Crippen molar-refractivity contribution in [2.75, 3.05) is 13.1 Å². The number of carbonyl (C=O) groups excluding carboxylic acids is 2. The SMILES string of the molecule is O=C1c2cc(Cl)c(Cl)cc2CC2C(OC(=O)C(F)(F)F)NCCN12. The highest BCUT2D eigenvalue weighted by Crippen LogP contribution is 2.33. The Kier molecular flexibility index (Phi) is 4.39. The maximum Gasteiger partial charge on any atom is 0.490 e. The Balaban J connectivity index is 1.90. The van der Waals surface area contributed by atoms with Crippen LogP contribution in [-0.4, -0.2) is 48.3 Å². The molecule has 1 saturated heterocycles. The van der Waals surface area contributed by atoms with Crippen molar-refractivity contribution >= 4 is 35.1 Å². The quantitative estimate of drug-likeness (QED) is 0.757. The molecule has 10 heteroatoms. The van der Waals surface area contributed by atoms with Crippen molar-refractivity contribution in [2.24, 2.45) is 0 Å². The minimum Gasteiger partial charge on any atom is -0.438 e. The Hall–Kier alpha value is -1.51. The third-order valence-corrected chi connectivity index (χ3v) is 4.70. The summed E-state index contributed by atoms with van der Waals surface area (Å²) in [7, 11) is 0. The number of benzene rings is 1. The first-order valence-corrected chi connectivity index (χ1v) is 7.74. The first-order valence-electron chi connectivity index (χ1n) is 6.98. The molecule has 1 fully saturated rings. The number of nitrogens with one attached hydrogen (secondary N) is 1. The zero-order valence-corrected chi connectivity index (χ0v) is 13.5. The van der Waals surface area contributed by atoms with Crippen LogP contribution in [0.1, 0.15) is 15.9 Å². The van der Waals surface area contributed by atoms with Crippen LogP contribution in [0.5, 0.6) is 0 Å². The molecule has 1 aromatic carbocycles. The van der Waals surface area contributed by atoms with Crippen LogP contribution in [0.2, 0.25) is 10.0 Å². The number of alkyl halides is 3. The summed E-state index contributed by atoms with van der Waals surface area (Å²) in [5, 5.41) is 3.16. The molecule has 5 nitrogen and oxygen atoms in total. The van der Waals surface area contributed by atoms with Crippen LogP contribution in [0, 0.1) is 0 Å². The van der Waals surface area contributed by atoms with Gasteiger partial charge in [-0.2, -0.15) is 13.2 Å². The van der Waals surface area contributed by atoms with Gasteiger partial charge in [-0.1, -0.05) is 23.2 Å². The third kappa shape index (κ3) is 3.05. The lowest BCUT2D eigenvalue weighted by atomic mass is 9.91. The van der Waals surface area contributed by atoms with E-state index in [4.69, 9.17) is 23.2 Å². The summed E-state index contributed by atoms with van der Waals surface area (Å²) < 4.78 is 41.8. The predicted molar refractivity (Wildman–Crippen MR) is 78.9 cm³/mol. The lowest BCUT2D eigenvalue weighted by Gasteiger charge is -2.44. The standard InChI is InChI=1S/C14H11Cl2F3N2O3/c15-8-3-6-4-10-11(24-13(23)14(17,18)19)20-1-2-21(10)12(22)7(6)5-9(8)16/h3,5,10-11,20H,1-2,4H2. The van der Waals surface area contributed by atoms with Gasteiger partial charge in [-0.3, -0.25) is 10.1 Å². The van der Waals surface area contributed by atoms with Gasteiger partial charge in [-0.25, -0.2) is 4.79 Å². The van der Waals surface area contributed by atoms with Gasteiger partial charge in [0.1, 0.15) is 0 Å². The van der Waals surface area contributed by atoms with Gasteiger partial charge >= 0.3 is 12.1 Å². The second-order valence-corrected chi connectivity index (χ2v) is 6.29. The van der Waals surface area contributed by atoms with E-state index in [0.29, 0.717) is 11.1 Å². The average molecular weight is 383 g/mol.